The highest BCUT2D eigenvalue weighted by Gasteiger charge is 2.73. The third-order valence-corrected chi connectivity index (χ3v) is 3.67. The Morgan fingerprint density at radius 3 is 2.54 bits per heavy atom. The Morgan fingerprint density at radius 1 is 1.46 bits per heavy atom. The second-order valence-corrected chi connectivity index (χ2v) is 4.17. The maximum Gasteiger partial charge on any atom is 0.326 e. The summed E-state index contributed by atoms with van der Waals surface area (Å²) in [7, 11) is 1.36. The Balaban J connectivity index is 2.23. The highest BCUT2D eigenvalue weighted by Crippen LogP contribution is 2.71. The molecule has 2 rings (SSSR count). The maximum atomic E-state index is 11.4. The molecule has 2 fully saturated rings. The number of carbonyl (C=O) groups excluding carboxylic acids is 1. The van der Waals surface area contributed by atoms with E-state index in [0.717, 1.165) is 32.1 Å². The first kappa shape index (κ1) is 8.55. The number of nitriles is 1. The Morgan fingerprint density at radius 2 is 2.08 bits per heavy atom. The lowest BCUT2D eigenvalue weighted by molar-refractivity contribution is -0.146. The fourth-order valence-electron chi connectivity index (χ4n) is 2.79. The van der Waals surface area contributed by atoms with Crippen molar-refractivity contribution in [1.29, 1.82) is 5.26 Å². The van der Waals surface area contributed by atoms with Crippen molar-refractivity contribution in [2.75, 3.05) is 7.11 Å². The monoisotopic (exact) mass is 179 g/mol. The van der Waals surface area contributed by atoms with E-state index in [1.807, 2.05) is 0 Å². The van der Waals surface area contributed by atoms with Crippen LogP contribution in [-0.4, -0.2) is 13.1 Å². The van der Waals surface area contributed by atoms with Crippen LogP contribution >= 0.6 is 0 Å². The summed E-state index contributed by atoms with van der Waals surface area (Å²) in [5, 5.41) is 9.03. The molecule has 0 saturated heterocycles. The molecule has 0 bridgehead atoms. The molecule has 0 aliphatic heterocycles. The summed E-state index contributed by atoms with van der Waals surface area (Å²) in [6.07, 6.45) is 5.08. The van der Waals surface area contributed by atoms with Crippen LogP contribution in [0, 0.1) is 22.2 Å². The first-order valence-electron chi connectivity index (χ1n) is 4.70. The third-order valence-electron chi connectivity index (χ3n) is 3.67. The van der Waals surface area contributed by atoms with E-state index in [2.05, 4.69) is 6.07 Å². The Bertz CT molecular complexity index is 286. The molecular weight excluding hydrogens is 166 g/mol. The summed E-state index contributed by atoms with van der Waals surface area (Å²) in [6.45, 7) is 0. The first-order valence-corrected chi connectivity index (χ1v) is 4.70. The summed E-state index contributed by atoms with van der Waals surface area (Å²) >= 11 is 0. The molecule has 0 radical (unpaired) electrons. The highest BCUT2D eigenvalue weighted by molar-refractivity contribution is 5.85. The highest BCUT2D eigenvalue weighted by atomic mass is 16.5. The number of hydrogen-bond acceptors (Lipinski definition) is 3. The van der Waals surface area contributed by atoms with Gasteiger partial charge in [-0.1, -0.05) is 12.8 Å². The van der Waals surface area contributed by atoms with Crippen molar-refractivity contribution < 1.29 is 9.53 Å². The van der Waals surface area contributed by atoms with E-state index < -0.39 is 5.41 Å². The molecule has 1 atom stereocenters. The minimum Gasteiger partial charge on any atom is -0.468 e. The van der Waals surface area contributed by atoms with Crippen molar-refractivity contribution in [2.45, 2.75) is 32.1 Å². The van der Waals surface area contributed by atoms with Gasteiger partial charge in [-0.15, -0.1) is 0 Å². The van der Waals surface area contributed by atoms with Gasteiger partial charge in [0, 0.05) is 5.41 Å². The van der Waals surface area contributed by atoms with E-state index in [-0.39, 0.29) is 11.4 Å². The average molecular weight is 179 g/mol. The standard InChI is InChI=1S/C10H13NO2/c1-13-8(12)10(7-11)6-9(10)4-2-3-5-9/h2-6H2,1H3/t10-/m1/s1. The van der Waals surface area contributed by atoms with Gasteiger partial charge >= 0.3 is 5.97 Å². The van der Waals surface area contributed by atoms with Crippen LogP contribution in [0.1, 0.15) is 32.1 Å². The van der Waals surface area contributed by atoms with Gasteiger partial charge in [0.15, 0.2) is 5.41 Å². The molecule has 1 spiro atoms. The van der Waals surface area contributed by atoms with Gasteiger partial charge in [0.05, 0.1) is 13.2 Å². The van der Waals surface area contributed by atoms with Crippen LogP contribution in [0.4, 0.5) is 0 Å². The molecule has 0 aromatic rings. The van der Waals surface area contributed by atoms with Gasteiger partial charge in [-0.25, -0.2) is 0 Å². The molecule has 0 heterocycles. The Kier molecular flexibility index (Phi) is 1.63. The quantitative estimate of drug-likeness (QED) is 0.575. The zero-order chi connectivity index (χ0) is 9.53. The third kappa shape index (κ3) is 0.861. The number of hydrogen-bond donors (Lipinski definition) is 0. The molecule has 2 aliphatic rings. The van der Waals surface area contributed by atoms with Crippen molar-refractivity contribution in [3.63, 3.8) is 0 Å². The largest absolute Gasteiger partial charge is 0.468 e. The van der Waals surface area contributed by atoms with Crippen molar-refractivity contribution in [1.82, 2.24) is 0 Å². The summed E-state index contributed by atoms with van der Waals surface area (Å²) < 4.78 is 4.69. The second-order valence-electron chi connectivity index (χ2n) is 4.17. The molecule has 2 aliphatic carbocycles. The zero-order valence-corrected chi connectivity index (χ0v) is 7.80. The van der Waals surface area contributed by atoms with Crippen LogP contribution in [0.3, 0.4) is 0 Å². The van der Waals surface area contributed by atoms with E-state index in [9.17, 15) is 4.79 Å². The van der Waals surface area contributed by atoms with Gasteiger partial charge in [-0.2, -0.15) is 5.26 Å². The van der Waals surface area contributed by atoms with Gasteiger partial charge < -0.3 is 4.74 Å². The minimum atomic E-state index is -0.780. The van der Waals surface area contributed by atoms with E-state index in [1.165, 1.54) is 7.11 Å². The lowest BCUT2D eigenvalue weighted by Gasteiger charge is -2.11. The Hall–Kier alpha value is -1.04. The first-order chi connectivity index (χ1) is 6.21. The topological polar surface area (TPSA) is 50.1 Å². The summed E-state index contributed by atoms with van der Waals surface area (Å²) in [5.41, 5.74) is -0.785. The van der Waals surface area contributed by atoms with Crippen molar-refractivity contribution in [2.24, 2.45) is 10.8 Å². The molecule has 0 unspecified atom stereocenters. The lowest BCUT2D eigenvalue weighted by atomic mass is 9.92. The normalized spacial score (nSPS) is 34.2. The molecule has 70 valence electrons. The number of nitrogens with zero attached hydrogens (tertiary/aromatic N) is 1. The number of rotatable bonds is 1. The van der Waals surface area contributed by atoms with Gasteiger partial charge in [-0.3, -0.25) is 4.79 Å². The average Bonchev–Trinajstić information content (AvgIpc) is 2.52. The van der Waals surface area contributed by atoms with Crippen LogP contribution in [0.15, 0.2) is 0 Å². The van der Waals surface area contributed by atoms with Crippen molar-refractivity contribution in [3.05, 3.63) is 0 Å². The zero-order valence-electron chi connectivity index (χ0n) is 7.80. The number of methoxy groups -OCH3 is 1. The molecule has 3 heteroatoms. The molecular formula is C10H13NO2. The number of carbonyl (C=O) groups is 1. The lowest BCUT2D eigenvalue weighted by Crippen LogP contribution is -2.22. The summed E-state index contributed by atoms with van der Waals surface area (Å²) in [6, 6.07) is 2.16. The fourth-order valence-corrected chi connectivity index (χ4v) is 2.79. The molecule has 0 aromatic carbocycles. The number of ether oxygens (including phenoxy) is 1. The molecule has 0 amide bonds. The van der Waals surface area contributed by atoms with Crippen LogP contribution in [-0.2, 0) is 9.53 Å². The van der Waals surface area contributed by atoms with Crippen LogP contribution in [0.5, 0.6) is 0 Å². The summed E-state index contributed by atoms with van der Waals surface area (Å²) in [4.78, 5) is 11.4. The molecule has 0 N–H and O–H groups in total. The minimum absolute atomic E-state index is 0.00512. The van der Waals surface area contributed by atoms with Crippen molar-refractivity contribution in [3.8, 4) is 6.07 Å². The van der Waals surface area contributed by atoms with Crippen LogP contribution in [0.2, 0.25) is 0 Å². The predicted molar refractivity (Wildman–Crippen MR) is 45.6 cm³/mol. The number of esters is 1. The molecule has 0 aromatic heterocycles. The van der Waals surface area contributed by atoms with Crippen LogP contribution in [0.25, 0.3) is 0 Å². The van der Waals surface area contributed by atoms with Gasteiger partial charge in [-0.05, 0) is 19.3 Å². The van der Waals surface area contributed by atoms with Gasteiger partial charge in [0.1, 0.15) is 0 Å². The van der Waals surface area contributed by atoms with Gasteiger partial charge in [0.2, 0.25) is 0 Å². The summed E-state index contributed by atoms with van der Waals surface area (Å²) in [5.74, 6) is -0.322. The van der Waals surface area contributed by atoms with E-state index in [1.54, 1.807) is 0 Å². The maximum absolute atomic E-state index is 11.4. The van der Waals surface area contributed by atoms with E-state index >= 15 is 0 Å². The smallest absolute Gasteiger partial charge is 0.326 e. The molecule has 2 saturated carbocycles. The Labute approximate surface area is 77.7 Å². The van der Waals surface area contributed by atoms with Crippen LogP contribution < -0.4 is 0 Å². The van der Waals surface area contributed by atoms with Crippen molar-refractivity contribution >= 4 is 5.97 Å². The van der Waals surface area contributed by atoms with E-state index in [4.69, 9.17) is 10.00 Å². The van der Waals surface area contributed by atoms with Gasteiger partial charge in [0.25, 0.3) is 0 Å². The predicted octanol–water partition coefficient (Wildman–Crippen LogP) is 1.63. The van der Waals surface area contributed by atoms with E-state index in [0.29, 0.717) is 0 Å². The second kappa shape index (κ2) is 2.47. The molecule has 3 nitrogen and oxygen atoms in total. The molecule has 13 heavy (non-hydrogen) atoms. The fraction of sp³-hybridized carbons (Fsp3) is 0.800. The SMILES string of the molecule is COC(=O)[C@]1(C#N)CC12CCCC2.